The smallest absolute Gasteiger partial charge is 0.294 e. The summed E-state index contributed by atoms with van der Waals surface area (Å²) in [5, 5.41) is 0. The summed E-state index contributed by atoms with van der Waals surface area (Å²) in [4.78, 5) is 20.1. The van der Waals surface area contributed by atoms with Gasteiger partial charge in [0.15, 0.2) is 11.6 Å². The first-order valence-corrected chi connectivity index (χ1v) is 12.6. The molecule has 14 heteroatoms. The van der Waals surface area contributed by atoms with E-state index in [1.54, 1.807) is 0 Å². The summed E-state index contributed by atoms with van der Waals surface area (Å²) < 4.78 is 119. The zero-order valence-electron chi connectivity index (χ0n) is 19.9. The van der Waals surface area contributed by atoms with Crippen LogP contribution >= 0.6 is 0 Å². The van der Waals surface area contributed by atoms with Crippen molar-refractivity contribution in [3.05, 3.63) is 77.1 Å². The van der Waals surface area contributed by atoms with Gasteiger partial charge in [0, 0.05) is 30.4 Å². The number of ketones is 1. The van der Waals surface area contributed by atoms with Crippen molar-refractivity contribution in [1.29, 1.82) is 0 Å². The van der Waals surface area contributed by atoms with E-state index in [9.17, 15) is 43.9 Å². The number of aromatic nitrogens is 2. The number of sulfonamides is 1. The van der Waals surface area contributed by atoms with Gasteiger partial charge in [0.25, 0.3) is 0 Å². The fourth-order valence-corrected chi connectivity index (χ4v) is 5.25. The molecule has 0 unspecified atom stereocenters. The number of allylic oxidation sites excluding steroid dienone is 1. The van der Waals surface area contributed by atoms with Gasteiger partial charge in [-0.05, 0) is 55.0 Å². The van der Waals surface area contributed by atoms with Gasteiger partial charge < -0.3 is 0 Å². The maximum Gasteiger partial charge on any atom is 0.416 e. The molecule has 4 rings (SSSR count). The zero-order valence-corrected chi connectivity index (χ0v) is 20.7. The highest BCUT2D eigenvalue weighted by atomic mass is 32.2. The highest BCUT2D eigenvalue weighted by Crippen LogP contribution is 2.38. The Kier molecular flexibility index (Phi) is 7.38. The van der Waals surface area contributed by atoms with Crippen LogP contribution in [0.15, 0.2) is 59.6 Å². The molecule has 0 N–H and O–H groups in total. The number of benzene rings is 2. The Morgan fingerprint density at radius 3 is 2.00 bits per heavy atom. The van der Waals surface area contributed by atoms with Crippen LogP contribution in [-0.2, 0) is 27.2 Å². The Bertz CT molecular complexity index is 1510. The second-order valence-corrected chi connectivity index (χ2v) is 10.6. The largest absolute Gasteiger partial charge is 0.416 e. The molecule has 0 spiro atoms. The number of hydrogen-bond donors (Lipinski definition) is 0. The number of rotatable bonds is 6. The first-order valence-electron chi connectivity index (χ1n) is 11.2. The average molecular weight is 573 g/mol. The van der Waals surface area contributed by atoms with E-state index in [0.29, 0.717) is 12.1 Å². The number of Topliss-reactive ketones (excluding diaryl/α,β-unsaturated/α-hetero) is 1. The van der Waals surface area contributed by atoms with Crippen molar-refractivity contribution in [1.82, 2.24) is 14.3 Å². The third-order valence-electron chi connectivity index (χ3n) is 5.80. The van der Waals surface area contributed by atoms with E-state index in [1.807, 2.05) is 0 Å². The first-order chi connectivity index (χ1) is 18.1. The summed E-state index contributed by atoms with van der Waals surface area (Å²) in [6, 6.07) is 7.43. The molecule has 2 aromatic carbocycles. The monoisotopic (exact) mass is 573 g/mol. The molecule has 0 amide bonds. The van der Waals surface area contributed by atoms with Crippen molar-refractivity contribution >= 4 is 27.5 Å². The SMILES string of the molecule is CC(=O)/C(=C/c1ccnc(-c2cc(C(F)(F)F)cc(C(F)(F)F)c2)n1)c1ccc(S(=O)(=O)N2CC(F)C2)cc1. The van der Waals surface area contributed by atoms with Gasteiger partial charge in [-0.25, -0.2) is 22.8 Å². The lowest BCUT2D eigenvalue weighted by molar-refractivity contribution is -0.143. The summed E-state index contributed by atoms with van der Waals surface area (Å²) in [5.74, 6) is -0.919. The molecule has 0 bridgehead atoms. The maximum atomic E-state index is 13.3. The van der Waals surface area contributed by atoms with Crippen LogP contribution in [0, 0.1) is 0 Å². The van der Waals surface area contributed by atoms with Crippen LogP contribution in [0.3, 0.4) is 0 Å². The minimum atomic E-state index is -5.06. The summed E-state index contributed by atoms with van der Waals surface area (Å²) in [6.45, 7) is 0.701. The molecule has 0 radical (unpaired) electrons. The van der Waals surface area contributed by atoms with Gasteiger partial charge >= 0.3 is 12.4 Å². The van der Waals surface area contributed by atoms with E-state index in [4.69, 9.17) is 0 Å². The molecule has 2 heterocycles. The van der Waals surface area contributed by atoms with Gasteiger partial charge in [-0.3, -0.25) is 4.79 Å². The summed E-state index contributed by atoms with van der Waals surface area (Å²) in [6.07, 6.45) is -8.99. The van der Waals surface area contributed by atoms with Crippen molar-refractivity contribution in [2.45, 2.75) is 30.3 Å². The molecule has 1 aliphatic rings. The fraction of sp³-hybridized carbons (Fsp3) is 0.240. The standard InChI is InChI=1S/C25H18F7N3O3S/c1-14(36)22(15-2-4-21(5-3-15)39(37,38)35-12-19(26)13-35)11-20-6-7-33-23(34-20)16-8-17(24(27,28)29)10-18(9-16)25(30,31)32/h2-11,19H,12-13H2,1H3/b22-11-. The van der Waals surface area contributed by atoms with E-state index < -0.39 is 56.8 Å². The quantitative estimate of drug-likeness (QED) is 0.281. The number of carbonyl (C=O) groups excluding carboxylic acids is 1. The van der Waals surface area contributed by atoms with E-state index in [2.05, 4.69) is 9.97 Å². The lowest BCUT2D eigenvalue weighted by atomic mass is 10.0. The molecule has 6 nitrogen and oxygen atoms in total. The number of nitrogens with zero attached hydrogens (tertiary/aromatic N) is 3. The van der Waals surface area contributed by atoms with Crippen LogP contribution in [0.5, 0.6) is 0 Å². The molecule has 1 fully saturated rings. The van der Waals surface area contributed by atoms with E-state index >= 15 is 0 Å². The van der Waals surface area contributed by atoms with Crippen molar-refractivity contribution in [3.8, 4) is 11.4 Å². The molecule has 206 valence electrons. The molecule has 0 aliphatic carbocycles. The fourth-order valence-electron chi connectivity index (χ4n) is 3.75. The molecule has 39 heavy (non-hydrogen) atoms. The molecule has 1 aromatic heterocycles. The molecule has 1 saturated heterocycles. The average Bonchev–Trinajstić information content (AvgIpc) is 2.84. The highest BCUT2D eigenvalue weighted by Gasteiger charge is 2.38. The van der Waals surface area contributed by atoms with Crippen LogP contribution in [0.25, 0.3) is 23.0 Å². The summed E-state index contributed by atoms with van der Waals surface area (Å²) in [5.41, 5.74) is -3.29. The van der Waals surface area contributed by atoms with Crippen LogP contribution in [0.4, 0.5) is 30.7 Å². The van der Waals surface area contributed by atoms with E-state index in [1.165, 1.54) is 43.3 Å². The van der Waals surface area contributed by atoms with Crippen molar-refractivity contribution < 1.29 is 43.9 Å². The number of hydrogen-bond acceptors (Lipinski definition) is 5. The Morgan fingerprint density at radius 2 is 1.51 bits per heavy atom. The summed E-state index contributed by atoms with van der Waals surface area (Å²) in [7, 11) is -3.91. The lowest BCUT2D eigenvalue weighted by Gasteiger charge is -2.33. The molecular formula is C25H18F7N3O3S. The van der Waals surface area contributed by atoms with Gasteiger partial charge in [0.05, 0.1) is 21.7 Å². The minimum absolute atomic E-state index is 0.00225. The van der Waals surface area contributed by atoms with E-state index in [0.717, 1.165) is 10.5 Å². The van der Waals surface area contributed by atoms with Gasteiger partial charge in [0.1, 0.15) is 6.17 Å². The Balaban J connectivity index is 1.71. The normalized spacial score (nSPS) is 15.7. The van der Waals surface area contributed by atoms with Crippen LogP contribution in [0.1, 0.15) is 29.3 Å². The second-order valence-electron chi connectivity index (χ2n) is 8.66. The summed E-state index contributed by atoms with van der Waals surface area (Å²) >= 11 is 0. The third-order valence-corrected chi connectivity index (χ3v) is 7.65. The Hall–Kier alpha value is -3.65. The molecule has 3 aromatic rings. The van der Waals surface area contributed by atoms with Crippen molar-refractivity contribution in [3.63, 3.8) is 0 Å². The number of alkyl halides is 7. The van der Waals surface area contributed by atoms with Gasteiger partial charge in [0.2, 0.25) is 10.0 Å². The number of halogens is 7. The van der Waals surface area contributed by atoms with Crippen molar-refractivity contribution in [2.75, 3.05) is 13.1 Å². The zero-order chi connectivity index (χ0) is 28.8. The number of carbonyl (C=O) groups is 1. The molecular weight excluding hydrogens is 555 g/mol. The lowest BCUT2D eigenvalue weighted by Crippen LogP contribution is -2.51. The van der Waals surface area contributed by atoms with E-state index in [-0.39, 0.29) is 40.9 Å². The molecule has 1 aliphatic heterocycles. The van der Waals surface area contributed by atoms with Gasteiger partial charge in [-0.1, -0.05) is 12.1 Å². The van der Waals surface area contributed by atoms with Crippen LogP contribution in [0.2, 0.25) is 0 Å². The highest BCUT2D eigenvalue weighted by molar-refractivity contribution is 7.89. The molecule has 0 atom stereocenters. The van der Waals surface area contributed by atoms with Crippen LogP contribution in [-0.4, -0.2) is 47.7 Å². The Morgan fingerprint density at radius 1 is 0.949 bits per heavy atom. The van der Waals surface area contributed by atoms with Crippen molar-refractivity contribution in [2.24, 2.45) is 0 Å². The first kappa shape index (κ1) is 28.4. The van der Waals surface area contributed by atoms with Gasteiger partial charge in [-0.2, -0.15) is 30.6 Å². The maximum absolute atomic E-state index is 13.3. The second kappa shape index (κ2) is 10.2. The molecule has 0 saturated carbocycles. The predicted octanol–water partition coefficient (Wildman–Crippen LogP) is 5.65. The van der Waals surface area contributed by atoms with Gasteiger partial charge in [-0.15, -0.1) is 0 Å². The minimum Gasteiger partial charge on any atom is -0.294 e. The predicted molar refractivity (Wildman–Crippen MR) is 126 cm³/mol. The van der Waals surface area contributed by atoms with Crippen LogP contribution < -0.4 is 0 Å². The Labute approximate surface area is 217 Å². The topological polar surface area (TPSA) is 80.2 Å². The third kappa shape index (κ3) is 6.17.